The zero-order chi connectivity index (χ0) is 18.3. The highest BCUT2D eigenvalue weighted by Crippen LogP contribution is 2.25. The molecule has 0 spiro atoms. The lowest BCUT2D eigenvalue weighted by atomic mass is 9.92. The van der Waals surface area contributed by atoms with Crippen LogP contribution in [0.25, 0.3) is 0 Å². The first kappa shape index (κ1) is 20.6. The van der Waals surface area contributed by atoms with Crippen LogP contribution >= 0.6 is 23.2 Å². The lowest BCUT2D eigenvalue weighted by Gasteiger charge is -2.26. The summed E-state index contributed by atoms with van der Waals surface area (Å²) in [6, 6.07) is 5.50. The van der Waals surface area contributed by atoms with E-state index >= 15 is 0 Å². The molecule has 1 aromatic rings. The number of hydrogen-bond donors (Lipinski definition) is 3. The highest BCUT2D eigenvalue weighted by atomic mass is 35.5. The Labute approximate surface area is 154 Å². The molecular formula is C17H26Cl2N4O. The lowest BCUT2D eigenvalue weighted by Crippen LogP contribution is -2.48. The van der Waals surface area contributed by atoms with Crippen LogP contribution in [0.15, 0.2) is 23.2 Å². The Balaban J connectivity index is 2.67. The Bertz CT molecular complexity index is 602. The Morgan fingerprint density at radius 1 is 1.25 bits per heavy atom. The van der Waals surface area contributed by atoms with E-state index in [9.17, 15) is 4.79 Å². The summed E-state index contributed by atoms with van der Waals surface area (Å²) in [5.41, 5.74) is 0.454. The van der Waals surface area contributed by atoms with Gasteiger partial charge in [-0.05, 0) is 45.4 Å². The third-order valence-electron chi connectivity index (χ3n) is 3.67. The summed E-state index contributed by atoms with van der Waals surface area (Å²) in [4.78, 5) is 16.2. The number of amides is 1. The van der Waals surface area contributed by atoms with Crippen molar-refractivity contribution in [3.05, 3.63) is 33.8 Å². The Morgan fingerprint density at radius 2 is 1.92 bits per heavy atom. The van der Waals surface area contributed by atoms with Gasteiger partial charge in [-0.25, -0.2) is 0 Å². The molecule has 1 atom stereocenters. The molecule has 0 aliphatic carbocycles. The summed E-state index contributed by atoms with van der Waals surface area (Å²) in [7, 11) is 1.69. The highest BCUT2D eigenvalue weighted by Gasteiger charge is 2.27. The van der Waals surface area contributed by atoms with E-state index in [-0.39, 0.29) is 11.9 Å². The number of nitrogens with one attached hydrogen (secondary N) is 3. The lowest BCUT2D eigenvalue weighted by molar-refractivity contribution is -0.128. The van der Waals surface area contributed by atoms with Crippen molar-refractivity contribution in [3.63, 3.8) is 0 Å². The minimum absolute atomic E-state index is 0.00508. The van der Waals surface area contributed by atoms with Crippen molar-refractivity contribution in [2.45, 2.75) is 33.7 Å². The third-order valence-corrected chi connectivity index (χ3v) is 4.41. The first-order valence-electron chi connectivity index (χ1n) is 7.91. The zero-order valence-electron chi connectivity index (χ0n) is 14.8. The number of carbonyl (C=O) groups excluding carboxylic acids is 1. The van der Waals surface area contributed by atoms with Crippen LogP contribution in [-0.2, 0) is 4.79 Å². The van der Waals surface area contributed by atoms with Gasteiger partial charge in [0.05, 0.1) is 21.5 Å². The van der Waals surface area contributed by atoms with Crippen molar-refractivity contribution in [1.82, 2.24) is 16.0 Å². The molecule has 3 N–H and O–H groups in total. The monoisotopic (exact) mass is 372 g/mol. The Hall–Kier alpha value is -1.46. The van der Waals surface area contributed by atoms with Gasteiger partial charge in [-0.15, -0.1) is 0 Å². The van der Waals surface area contributed by atoms with Gasteiger partial charge < -0.3 is 16.0 Å². The topological polar surface area (TPSA) is 65.5 Å². The van der Waals surface area contributed by atoms with Crippen LogP contribution in [0.3, 0.4) is 0 Å². The van der Waals surface area contributed by atoms with E-state index in [0.717, 1.165) is 5.56 Å². The van der Waals surface area contributed by atoms with Gasteiger partial charge in [-0.3, -0.25) is 9.79 Å². The smallest absolute Gasteiger partial charge is 0.227 e. The number of benzene rings is 1. The average molecular weight is 373 g/mol. The fourth-order valence-electron chi connectivity index (χ4n) is 2.05. The Kier molecular flexibility index (Phi) is 7.84. The van der Waals surface area contributed by atoms with E-state index < -0.39 is 5.41 Å². The third kappa shape index (κ3) is 5.87. The van der Waals surface area contributed by atoms with E-state index in [4.69, 9.17) is 23.2 Å². The van der Waals surface area contributed by atoms with Gasteiger partial charge in [0.15, 0.2) is 5.96 Å². The molecule has 0 bridgehead atoms. The molecule has 1 rings (SSSR count). The molecule has 0 fully saturated rings. The number of hydrogen-bond acceptors (Lipinski definition) is 2. The molecule has 0 heterocycles. The van der Waals surface area contributed by atoms with Crippen LogP contribution in [0.2, 0.25) is 10.0 Å². The average Bonchev–Trinajstić information content (AvgIpc) is 2.53. The SMILES string of the molecule is CCNC(=O)C(C)(C)CNC(=NC)NC(C)c1ccc(Cl)c(Cl)c1. The number of aliphatic imine (C=N–C) groups is 1. The fraction of sp³-hybridized carbons (Fsp3) is 0.529. The summed E-state index contributed by atoms with van der Waals surface area (Å²) in [6.07, 6.45) is 0. The summed E-state index contributed by atoms with van der Waals surface area (Å²) in [5, 5.41) is 10.4. The van der Waals surface area contributed by atoms with E-state index in [1.807, 2.05) is 39.8 Å². The molecule has 1 unspecified atom stereocenters. The largest absolute Gasteiger partial charge is 0.356 e. The number of rotatable bonds is 6. The van der Waals surface area contributed by atoms with Crippen molar-refractivity contribution < 1.29 is 4.79 Å². The number of halogens is 2. The maximum Gasteiger partial charge on any atom is 0.227 e. The second kappa shape index (κ2) is 9.14. The standard InChI is InChI=1S/C17H26Cl2N4O/c1-6-21-15(24)17(3,4)10-22-16(20-5)23-11(2)12-7-8-13(18)14(19)9-12/h7-9,11H,6,10H2,1-5H3,(H,21,24)(H2,20,22,23). The molecule has 0 saturated carbocycles. The Morgan fingerprint density at radius 3 is 2.46 bits per heavy atom. The highest BCUT2D eigenvalue weighted by molar-refractivity contribution is 6.42. The van der Waals surface area contributed by atoms with Crippen LogP contribution in [0, 0.1) is 5.41 Å². The molecule has 0 saturated heterocycles. The maximum atomic E-state index is 12.0. The van der Waals surface area contributed by atoms with Crippen molar-refractivity contribution >= 4 is 35.1 Å². The van der Waals surface area contributed by atoms with Crippen LogP contribution in [0.5, 0.6) is 0 Å². The molecule has 0 aliphatic rings. The maximum absolute atomic E-state index is 12.0. The van der Waals surface area contributed by atoms with Crippen molar-refractivity contribution in [1.29, 1.82) is 0 Å². The molecule has 1 amide bonds. The normalized spacial score (nSPS) is 13.4. The van der Waals surface area contributed by atoms with Crippen LogP contribution in [0.1, 0.15) is 39.3 Å². The molecule has 0 aliphatic heterocycles. The summed E-state index contributed by atoms with van der Waals surface area (Å²) >= 11 is 12.0. The van der Waals surface area contributed by atoms with Crippen LogP contribution in [0.4, 0.5) is 0 Å². The fourth-order valence-corrected chi connectivity index (χ4v) is 2.36. The molecule has 134 valence electrons. The zero-order valence-corrected chi connectivity index (χ0v) is 16.3. The molecule has 0 radical (unpaired) electrons. The second-order valence-electron chi connectivity index (χ2n) is 6.21. The molecular weight excluding hydrogens is 347 g/mol. The predicted octanol–water partition coefficient (Wildman–Crippen LogP) is 3.38. The van der Waals surface area contributed by atoms with Gasteiger partial charge in [0, 0.05) is 20.1 Å². The summed E-state index contributed by atoms with van der Waals surface area (Å²) in [6.45, 7) is 8.76. The molecule has 24 heavy (non-hydrogen) atoms. The van der Waals surface area contributed by atoms with Crippen LogP contribution in [-0.4, -0.2) is 32.0 Å². The van der Waals surface area contributed by atoms with Gasteiger partial charge in [-0.2, -0.15) is 0 Å². The van der Waals surface area contributed by atoms with Gasteiger partial charge in [0.25, 0.3) is 0 Å². The van der Waals surface area contributed by atoms with Gasteiger partial charge in [0.1, 0.15) is 0 Å². The van der Waals surface area contributed by atoms with Gasteiger partial charge >= 0.3 is 0 Å². The van der Waals surface area contributed by atoms with Crippen molar-refractivity contribution in [2.75, 3.05) is 20.1 Å². The van der Waals surface area contributed by atoms with E-state index in [2.05, 4.69) is 20.9 Å². The van der Waals surface area contributed by atoms with E-state index in [0.29, 0.717) is 29.1 Å². The molecule has 1 aromatic carbocycles. The van der Waals surface area contributed by atoms with E-state index in [1.54, 1.807) is 13.1 Å². The number of guanidine groups is 1. The number of nitrogens with zero attached hydrogens (tertiary/aromatic N) is 1. The molecule has 5 nitrogen and oxygen atoms in total. The second-order valence-corrected chi connectivity index (χ2v) is 7.02. The first-order chi connectivity index (χ1) is 11.2. The van der Waals surface area contributed by atoms with Gasteiger partial charge in [0.2, 0.25) is 5.91 Å². The molecule has 0 aromatic heterocycles. The minimum atomic E-state index is -0.541. The summed E-state index contributed by atoms with van der Waals surface area (Å²) < 4.78 is 0. The summed E-state index contributed by atoms with van der Waals surface area (Å²) in [5.74, 6) is 0.622. The van der Waals surface area contributed by atoms with Crippen LogP contribution < -0.4 is 16.0 Å². The van der Waals surface area contributed by atoms with Crippen molar-refractivity contribution in [2.24, 2.45) is 10.4 Å². The molecule has 7 heteroatoms. The first-order valence-corrected chi connectivity index (χ1v) is 8.67. The number of carbonyl (C=O) groups is 1. The van der Waals surface area contributed by atoms with Crippen molar-refractivity contribution in [3.8, 4) is 0 Å². The van der Waals surface area contributed by atoms with Gasteiger partial charge in [-0.1, -0.05) is 29.3 Å². The van der Waals surface area contributed by atoms with E-state index in [1.165, 1.54) is 0 Å². The quantitative estimate of drug-likeness (QED) is 0.529. The predicted molar refractivity (Wildman–Crippen MR) is 102 cm³/mol. The minimum Gasteiger partial charge on any atom is -0.356 e.